The summed E-state index contributed by atoms with van der Waals surface area (Å²) in [4.78, 5) is 27.0. The van der Waals surface area contributed by atoms with Crippen LogP contribution < -0.4 is 17.0 Å². The van der Waals surface area contributed by atoms with Gasteiger partial charge in [-0.15, -0.1) is 0 Å². The van der Waals surface area contributed by atoms with Gasteiger partial charge in [-0.05, 0) is 17.7 Å². The third kappa shape index (κ3) is 4.15. The Bertz CT molecular complexity index is 976. The smallest absolute Gasteiger partial charge is 0.337 e. The molecule has 2 rings (SSSR count). The number of carbonyl (C=O) groups excluding carboxylic acids is 2. The fraction of sp³-hybridized carbons (Fsp3) is 0.118. The fourth-order valence-electron chi connectivity index (χ4n) is 2.26. The molecule has 0 unspecified atom stereocenters. The number of benzene rings is 1. The predicted molar refractivity (Wildman–Crippen MR) is 97.9 cm³/mol. The van der Waals surface area contributed by atoms with Gasteiger partial charge in [-0.3, -0.25) is 10.2 Å². The summed E-state index contributed by atoms with van der Waals surface area (Å²) in [5, 5.41) is 19.3. The number of nitrogens with two attached hydrogens (primary N) is 2. The number of hydrogen-bond acceptors (Lipinski definition) is 9. The minimum absolute atomic E-state index is 0.0324. The fourth-order valence-corrected chi connectivity index (χ4v) is 3.06. The second-order valence-electron chi connectivity index (χ2n) is 5.08. The van der Waals surface area contributed by atoms with Crippen molar-refractivity contribution < 1.29 is 14.3 Å². The maximum atomic E-state index is 11.6. The highest BCUT2D eigenvalue weighted by Gasteiger charge is 2.21. The van der Waals surface area contributed by atoms with Gasteiger partial charge < -0.3 is 10.5 Å². The van der Waals surface area contributed by atoms with Crippen LogP contribution in [0.25, 0.3) is 11.1 Å². The predicted octanol–water partition coefficient (Wildman–Crippen LogP) is 0.943. The van der Waals surface area contributed by atoms with Gasteiger partial charge in [0, 0.05) is 5.56 Å². The van der Waals surface area contributed by atoms with Gasteiger partial charge >= 0.3 is 5.97 Å². The SMILES string of the molecule is COC(=O)c1ccc(-c2c(C#N)c(N)nc(SCC(=O)NN)c2C#N)cc1. The number of esters is 1. The normalized spacial score (nSPS) is 9.78. The maximum absolute atomic E-state index is 11.6. The summed E-state index contributed by atoms with van der Waals surface area (Å²) in [6, 6.07) is 10.1. The molecule has 1 aromatic carbocycles. The molecule has 0 aliphatic heterocycles. The number of nitrogen functional groups attached to an aromatic ring is 1. The summed E-state index contributed by atoms with van der Waals surface area (Å²) in [7, 11) is 1.27. The van der Waals surface area contributed by atoms with Gasteiger partial charge in [-0.1, -0.05) is 23.9 Å². The van der Waals surface area contributed by atoms with Gasteiger partial charge in [0.05, 0.1) is 24.0 Å². The number of pyridine rings is 1. The number of aromatic nitrogens is 1. The molecule has 0 aliphatic rings. The van der Waals surface area contributed by atoms with Crippen molar-refractivity contribution in [1.82, 2.24) is 10.4 Å². The Morgan fingerprint density at radius 2 is 1.85 bits per heavy atom. The first-order valence-electron chi connectivity index (χ1n) is 7.41. The Morgan fingerprint density at radius 3 is 2.37 bits per heavy atom. The number of hydrazine groups is 1. The first kappa shape index (κ1) is 19.7. The summed E-state index contributed by atoms with van der Waals surface area (Å²) in [5.41, 5.74) is 9.08. The Kier molecular flexibility index (Phi) is 6.33. The van der Waals surface area contributed by atoms with Gasteiger partial charge in [-0.2, -0.15) is 10.5 Å². The molecule has 2 aromatic rings. The maximum Gasteiger partial charge on any atom is 0.337 e. The minimum Gasteiger partial charge on any atom is -0.465 e. The van der Waals surface area contributed by atoms with Gasteiger partial charge in [-0.25, -0.2) is 15.6 Å². The van der Waals surface area contributed by atoms with Crippen molar-refractivity contribution in [2.24, 2.45) is 5.84 Å². The average Bonchev–Trinajstić information content (AvgIpc) is 2.70. The molecule has 5 N–H and O–H groups in total. The van der Waals surface area contributed by atoms with E-state index in [2.05, 4.69) is 9.72 Å². The van der Waals surface area contributed by atoms with E-state index in [-0.39, 0.29) is 33.3 Å². The lowest BCUT2D eigenvalue weighted by Crippen LogP contribution is -2.31. The highest BCUT2D eigenvalue weighted by atomic mass is 32.2. The molecule has 0 spiro atoms. The topological polar surface area (TPSA) is 168 Å². The van der Waals surface area contributed by atoms with Crippen LogP contribution in [0.1, 0.15) is 21.5 Å². The van der Waals surface area contributed by atoms with Crippen molar-refractivity contribution in [3.8, 4) is 23.3 Å². The number of nitrogens with one attached hydrogen (secondary N) is 1. The molecule has 0 radical (unpaired) electrons. The summed E-state index contributed by atoms with van der Waals surface area (Å²) in [6.07, 6.45) is 0. The zero-order valence-electron chi connectivity index (χ0n) is 14.1. The molecule has 0 saturated carbocycles. The molecular formula is C17H14N6O3S. The average molecular weight is 382 g/mol. The molecule has 0 bridgehead atoms. The van der Waals surface area contributed by atoms with Gasteiger partial charge in [0.2, 0.25) is 5.91 Å². The number of rotatable bonds is 5. The highest BCUT2D eigenvalue weighted by Crippen LogP contribution is 2.35. The van der Waals surface area contributed by atoms with Crippen molar-refractivity contribution >= 4 is 29.5 Å². The lowest BCUT2D eigenvalue weighted by Gasteiger charge is -2.13. The first-order valence-corrected chi connectivity index (χ1v) is 8.40. The molecule has 136 valence electrons. The third-order valence-electron chi connectivity index (χ3n) is 3.51. The van der Waals surface area contributed by atoms with Crippen LogP contribution in [0.2, 0.25) is 0 Å². The summed E-state index contributed by atoms with van der Waals surface area (Å²) in [5.74, 6) is 3.93. The van der Waals surface area contributed by atoms with E-state index in [1.165, 1.54) is 19.2 Å². The Labute approximate surface area is 158 Å². The van der Waals surface area contributed by atoms with Crippen LogP contribution in [0.3, 0.4) is 0 Å². The Balaban J connectivity index is 2.61. The Morgan fingerprint density at radius 1 is 1.22 bits per heavy atom. The number of amides is 1. The highest BCUT2D eigenvalue weighted by molar-refractivity contribution is 8.00. The van der Waals surface area contributed by atoms with E-state index in [1.54, 1.807) is 12.1 Å². The van der Waals surface area contributed by atoms with E-state index >= 15 is 0 Å². The molecule has 1 amide bonds. The van der Waals surface area contributed by atoms with Gasteiger partial charge in [0.25, 0.3) is 0 Å². The number of carbonyl (C=O) groups is 2. The molecule has 0 aliphatic carbocycles. The Hall–Kier alpha value is -3.60. The summed E-state index contributed by atoms with van der Waals surface area (Å²) >= 11 is 0.969. The van der Waals surface area contributed by atoms with Gasteiger partial charge in [0.15, 0.2) is 0 Å². The van der Waals surface area contributed by atoms with E-state index < -0.39 is 11.9 Å². The number of thioether (sulfide) groups is 1. The molecule has 0 saturated heterocycles. The zero-order chi connectivity index (χ0) is 20.0. The van der Waals surface area contributed by atoms with Crippen LogP contribution >= 0.6 is 11.8 Å². The van der Waals surface area contributed by atoms with Crippen molar-refractivity contribution in [2.45, 2.75) is 5.03 Å². The zero-order valence-corrected chi connectivity index (χ0v) is 15.0. The lowest BCUT2D eigenvalue weighted by atomic mass is 9.96. The van der Waals surface area contributed by atoms with Crippen LogP contribution in [-0.4, -0.2) is 29.7 Å². The van der Waals surface area contributed by atoms with E-state index in [0.717, 1.165) is 11.8 Å². The van der Waals surface area contributed by atoms with E-state index in [1.807, 2.05) is 17.6 Å². The summed E-state index contributed by atoms with van der Waals surface area (Å²) < 4.78 is 4.65. The number of nitriles is 2. The second-order valence-corrected chi connectivity index (χ2v) is 6.04. The van der Waals surface area contributed by atoms with E-state index in [9.17, 15) is 20.1 Å². The van der Waals surface area contributed by atoms with Crippen LogP contribution in [0, 0.1) is 22.7 Å². The number of methoxy groups -OCH3 is 1. The first-order chi connectivity index (χ1) is 13.0. The summed E-state index contributed by atoms with van der Waals surface area (Å²) in [6.45, 7) is 0. The monoisotopic (exact) mass is 382 g/mol. The molecule has 10 heteroatoms. The molecule has 1 heterocycles. The van der Waals surface area contributed by atoms with Crippen LogP contribution in [0.4, 0.5) is 5.82 Å². The molecule has 0 fully saturated rings. The van der Waals surface area contributed by atoms with Crippen molar-refractivity contribution in [1.29, 1.82) is 10.5 Å². The number of ether oxygens (including phenoxy) is 1. The standard InChI is InChI=1S/C17H14N6O3S/c1-26-17(25)10-4-2-9(3-5-10)14-11(6-18)15(20)22-16(12(14)7-19)27-8-13(24)23-21/h2-5H,8,21H2,1H3,(H2,20,22)(H,23,24). The van der Waals surface area contributed by atoms with Crippen LogP contribution in [0.15, 0.2) is 29.3 Å². The minimum atomic E-state index is -0.513. The molecule has 9 nitrogen and oxygen atoms in total. The van der Waals surface area contributed by atoms with E-state index in [0.29, 0.717) is 11.1 Å². The van der Waals surface area contributed by atoms with Crippen LogP contribution in [0.5, 0.6) is 0 Å². The molecular weight excluding hydrogens is 368 g/mol. The quantitative estimate of drug-likeness (QED) is 0.224. The van der Waals surface area contributed by atoms with Crippen LogP contribution in [-0.2, 0) is 9.53 Å². The third-order valence-corrected chi connectivity index (χ3v) is 4.49. The van der Waals surface area contributed by atoms with Crippen molar-refractivity contribution in [2.75, 3.05) is 18.6 Å². The number of hydrogen-bond donors (Lipinski definition) is 3. The van der Waals surface area contributed by atoms with Gasteiger partial charge in [0.1, 0.15) is 28.5 Å². The molecule has 0 atom stereocenters. The second kappa shape index (κ2) is 8.67. The molecule has 27 heavy (non-hydrogen) atoms. The lowest BCUT2D eigenvalue weighted by molar-refractivity contribution is -0.118. The van der Waals surface area contributed by atoms with Crippen molar-refractivity contribution in [3.63, 3.8) is 0 Å². The van der Waals surface area contributed by atoms with Crippen molar-refractivity contribution in [3.05, 3.63) is 41.0 Å². The van der Waals surface area contributed by atoms with E-state index in [4.69, 9.17) is 11.6 Å². The number of nitrogens with zero attached hydrogens (tertiary/aromatic N) is 3. The largest absolute Gasteiger partial charge is 0.465 e. The molecule has 1 aromatic heterocycles. The number of anilines is 1.